The average molecular weight is 364 g/mol. The molecule has 146 valence electrons. The molecule has 0 radical (unpaired) electrons. The van der Waals surface area contributed by atoms with Crippen LogP contribution in [0.25, 0.3) is 0 Å². The number of aryl methyl sites for hydroxylation is 1. The van der Waals surface area contributed by atoms with E-state index in [-0.39, 0.29) is 24.5 Å². The van der Waals surface area contributed by atoms with Crippen LogP contribution in [0.15, 0.2) is 17.4 Å². The van der Waals surface area contributed by atoms with E-state index < -0.39 is 0 Å². The zero-order chi connectivity index (χ0) is 19.2. The van der Waals surface area contributed by atoms with Gasteiger partial charge in [0.1, 0.15) is 6.54 Å². The number of carbonyl (C=O) groups is 1. The van der Waals surface area contributed by atoms with Crippen molar-refractivity contribution >= 4 is 17.6 Å². The molecule has 1 aromatic rings. The summed E-state index contributed by atoms with van der Waals surface area (Å²) < 4.78 is 1.70. The maximum absolute atomic E-state index is 12.6. The van der Waals surface area contributed by atoms with Crippen LogP contribution in [0.1, 0.15) is 33.6 Å². The fourth-order valence-electron chi connectivity index (χ4n) is 3.09. The monoisotopic (exact) mass is 364 g/mol. The van der Waals surface area contributed by atoms with Crippen LogP contribution in [-0.4, -0.2) is 71.0 Å². The van der Waals surface area contributed by atoms with Crippen LogP contribution < -0.4 is 10.2 Å². The van der Waals surface area contributed by atoms with Gasteiger partial charge in [0.25, 0.3) is 0 Å². The fraction of sp³-hybridized carbons (Fsp3) is 0.722. The zero-order valence-corrected chi connectivity index (χ0v) is 16.4. The molecule has 1 amide bonds. The number of hydrogen-bond acceptors (Lipinski definition) is 4. The lowest BCUT2D eigenvalue weighted by Crippen LogP contribution is -2.55. The fourth-order valence-corrected chi connectivity index (χ4v) is 3.09. The van der Waals surface area contributed by atoms with E-state index in [9.17, 15) is 9.90 Å². The molecular formula is C18H32N6O2. The van der Waals surface area contributed by atoms with Crippen molar-refractivity contribution in [2.75, 3.05) is 44.2 Å². The highest BCUT2D eigenvalue weighted by molar-refractivity contribution is 5.98. The predicted octanol–water partition coefficient (Wildman–Crippen LogP) is 0.833. The van der Waals surface area contributed by atoms with Crippen molar-refractivity contribution in [2.24, 2.45) is 17.5 Å². The summed E-state index contributed by atoms with van der Waals surface area (Å²) in [6, 6.07) is 0. The summed E-state index contributed by atoms with van der Waals surface area (Å²) in [6.07, 6.45) is 5.31. The van der Waals surface area contributed by atoms with Gasteiger partial charge in [0, 0.05) is 38.3 Å². The van der Waals surface area contributed by atoms with Gasteiger partial charge in [-0.25, -0.2) is 0 Å². The highest BCUT2D eigenvalue weighted by atomic mass is 16.3. The van der Waals surface area contributed by atoms with Gasteiger partial charge in [0.2, 0.25) is 5.91 Å². The van der Waals surface area contributed by atoms with E-state index in [1.807, 2.05) is 25.1 Å². The Morgan fingerprint density at radius 3 is 2.58 bits per heavy atom. The molecule has 1 aliphatic rings. The van der Waals surface area contributed by atoms with Crippen LogP contribution in [0.2, 0.25) is 0 Å². The smallest absolute Gasteiger partial charge is 0.246 e. The molecule has 2 heterocycles. The van der Waals surface area contributed by atoms with Crippen LogP contribution in [-0.2, 0) is 11.8 Å². The van der Waals surface area contributed by atoms with Crippen LogP contribution in [0.3, 0.4) is 0 Å². The number of aliphatic hydroxyl groups is 1. The number of piperazine rings is 1. The SMILES string of the molecule is CCNC(=NCC(CC)(CC)CO)N1CCN(c2cnn(C)c2)C(=O)C1. The van der Waals surface area contributed by atoms with Crippen molar-refractivity contribution < 1.29 is 9.90 Å². The molecule has 0 spiro atoms. The highest BCUT2D eigenvalue weighted by Crippen LogP contribution is 2.26. The highest BCUT2D eigenvalue weighted by Gasteiger charge is 2.29. The maximum atomic E-state index is 12.6. The Bertz CT molecular complexity index is 615. The zero-order valence-electron chi connectivity index (χ0n) is 16.4. The first-order valence-electron chi connectivity index (χ1n) is 9.41. The van der Waals surface area contributed by atoms with Gasteiger partial charge < -0.3 is 20.2 Å². The molecule has 1 fully saturated rings. The van der Waals surface area contributed by atoms with E-state index in [4.69, 9.17) is 4.99 Å². The molecule has 1 aromatic heterocycles. The number of hydrogen-bond donors (Lipinski definition) is 2. The second kappa shape index (κ2) is 9.02. The predicted molar refractivity (Wildman–Crippen MR) is 103 cm³/mol. The number of anilines is 1. The van der Waals surface area contributed by atoms with Crippen molar-refractivity contribution in [1.29, 1.82) is 0 Å². The number of aliphatic imine (C=N–C) groups is 1. The molecule has 0 unspecified atom stereocenters. The van der Waals surface area contributed by atoms with Crippen LogP contribution >= 0.6 is 0 Å². The van der Waals surface area contributed by atoms with Crippen molar-refractivity contribution in [3.8, 4) is 0 Å². The number of aliphatic hydroxyl groups excluding tert-OH is 1. The van der Waals surface area contributed by atoms with E-state index in [2.05, 4.69) is 24.3 Å². The molecule has 2 N–H and O–H groups in total. The second-order valence-corrected chi connectivity index (χ2v) is 6.87. The van der Waals surface area contributed by atoms with Gasteiger partial charge in [0.05, 0.1) is 25.0 Å². The Labute approximate surface area is 155 Å². The number of aromatic nitrogens is 2. The second-order valence-electron chi connectivity index (χ2n) is 6.87. The molecule has 0 bridgehead atoms. The molecule has 8 heteroatoms. The lowest BCUT2D eigenvalue weighted by molar-refractivity contribution is -0.120. The number of guanidine groups is 1. The molecule has 8 nitrogen and oxygen atoms in total. The number of carbonyl (C=O) groups excluding carboxylic acids is 1. The van der Waals surface area contributed by atoms with Gasteiger partial charge in [-0.2, -0.15) is 5.10 Å². The van der Waals surface area contributed by atoms with E-state index in [1.54, 1.807) is 15.8 Å². The molecule has 0 aromatic carbocycles. The summed E-state index contributed by atoms with van der Waals surface area (Å²) in [6.45, 7) is 9.18. The molecule has 2 rings (SSSR count). The first kappa shape index (κ1) is 20.2. The Morgan fingerprint density at radius 1 is 1.35 bits per heavy atom. The topological polar surface area (TPSA) is 86.0 Å². The van der Waals surface area contributed by atoms with E-state index in [0.717, 1.165) is 31.0 Å². The maximum Gasteiger partial charge on any atom is 0.246 e. The number of nitrogens with one attached hydrogen (secondary N) is 1. The minimum atomic E-state index is -0.192. The average Bonchev–Trinajstić information content (AvgIpc) is 3.08. The third-order valence-corrected chi connectivity index (χ3v) is 5.26. The van der Waals surface area contributed by atoms with Crippen molar-refractivity contribution in [3.05, 3.63) is 12.4 Å². The van der Waals surface area contributed by atoms with Crippen molar-refractivity contribution in [3.63, 3.8) is 0 Å². The largest absolute Gasteiger partial charge is 0.396 e. The Morgan fingerprint density at radius 2 is 2.08 bits per heavy atom. The third kappa shape index (κ3) is 4.55. The van der Waals surface area contributed by atoms with E-state index in [0.29, 0.717) is 19.6 Å². The molecule has 1 aliphatic heterocycles. The third-order valence-electron chi connectivity index (χ3n) is 5.26. The van der Waals surface area contributed by atoms with E-state index in [1.165, 1.54) is 0 Å². The molecule has 1 saturated heterocycles. The summed E-state index contributed by atoms with van der Waals surface area (Å²) in [5.74, 6) is 0.778. The summed E-state index contributed by atoms with van der Waals surface area (Å²) >= 11 is 0. The molecule has 0 aliphatic carbocycles. The standard InChI is InChI=1S/C18H32N6O2/c1-5-18(6-2,14-25)13-20-17(19-7-3)23-8-9-24(16(26)12-23)15-10-21-22(4)11-15/h10-11,25H,5-9,12-14H2,1-4H3,(H,19,20). The number of amides is 1. The summed E-state index contributed by atoms with van der Waals surface area (Å²) in [5, 5.41) is 17.2. The van der Waals surface area contributed by atoms with Crippen LogP contribution in [0.4, 0.5) is 5.69 Å². The first-order chi connectivity index (χ1) is 12.5. The Hall–Kier alpha value is -2.09. The van der Waals surface area contributed by atoms with Crippen molar-refractivity contribution in [2.45, 2.75) is 33.6 Å². The number of nitrogens with zero attached hydrogens (tertiary/aromatic N) is 5. The summed E-state index contributed by atoms with van der Waals surface area (Å²) in [4.78, 5) is 21.1. The normalized spacial score (nSPS) is 16.3. The van der Waals surface area contributed by atoms with Crippen LogP contribution in [0.5, 0.6) is 0 Å². The van der Waals surface area contributed by atoms with Gasteiger partial charge in [0.15, 0.2) is 5.96 Å². The molecule has 0 atom stereocenters. The minimum Gasteiger partial charge on any atom is -0.396 e. The first-order valence-corrected chi connectivity index (χ1v) is 9.41. The molecule has 0 saturated carbocycles. The molecular weight excluding hydrogens is 332 g/mol. The minimum absolute atomic E-state index is 0.0363. The lowest BCUT2D eigenvalue weighted by Gasteiger charge is -2.36. The van der Waals surface area contributed by atoms with Gasteiger partial charge in [-0.05, 0) is 19.8 Å². The van der Waals surface area contributed by atoms with Gasteiger partial charge in [-0.1, -0.05) is 13.8 Å². The van der Waals surface area contributed by atoms with Gasteiger partial charge in [-0.3, -0.25) is 14.5 Å². The van der Waals surface area contributed by atoms with Crippen LogP contribution in [0, 0.1) is 5.41 Å². The van der Waals surface area contributed by atoms with Gasteiger partial charge >= 0.3 is 0 Å². The summed E-state index contributed by atoms with van der Waals surface area (Å²) in [5.41, 5.74) is 0.637. The number of rotatable bonds is 7. The molecule has 26 heavy (non-hydrogen) atoms. The van der Waals surface area contributed by atoms with Crippen molar-refractivity contribution in [1.82, 2.24) is 20.0 Å². The quantitative estimate of drug-likeness (QED) is 0.553. The Balaban J connectivity index is 2.09. The van der Waals surface area contributed by atoms with Gasteiger partial charge in [-0.15, -0.1) is 0 Å². The van der Waals surface area contributed by atoms with E-state index >= 15 is 0 Å². The Kier molecular flexibility index (Phi) is 7.02. The summed E-state index contributed by atoms with van der Waals surface area (Å²) in [7, 11) is 1.84. The lowest BCUT2D eigenvalue weighted by atomic mass is 9.83.